The van der Waals surface area contributed by atoms with Crippen molar-refractivity contribution >= 4 is 22.9 Å². The minimum absolute atomic E-state index is 0.0582. The summed E-state index contributed by atoms with van der Waals surface area (Å²) in [5.41, 5.74) is 1.95. The molecule has 0 radical (unpaired) electrons. The van der Waals surface area contributed by atoms with Crippen molar-refractivity contribution in [3.05, 3.63) is 82.2 Å². The van der Waals surface area contributed by atoms with E-state index in [0.29, 0.717) is 33.4 Å². The molecule has 1 aliphatic heterocycles. The minimum Gasteiger partial charge on any atom is -0.508 e. The van der Waals surface area contributed by atoms with Crippen LogP contribution in [0.25, 0.3) is 22.1 Å². The van der Waals surface area contributed by atoms with Crippen molar-refractivity contribution in [1.82, 2.24) is 0 Å². The molecular weight excluding hydrogens is 480 g/mol. The summed E-state index contributed by atoms with van der Waals surface area (Å²) < 4.78 is 27.4. The maximum atomic E-state index is 13.5. The van der Waals surface area contributed by atoms with Gasteiger partial charge in [-0.3, -0.25) is 9.59 Å². The highest BCUT2D eigenvalue weighted by Crippen LogP contribution is 2.47. The lowest BCUT2D eigenvalue weighted by Gasteiger charge is -2.27. The van der Waals surface area contributed by atoms with Crippen LogP contribution in [-0.4, -0.2) is 37.9 Å². The van der Waals surface area contributed by atoms with Gasteiger partial charge in [0.15, 0.2) is 18.1 Å². The summed E-state index contributed by atoms with van der Waals surface area (Å²) in [6.07, 6.45) is 1.29. The van der Waals surface area contributed by atoms with E-state index in [0.717, 1.165) is 0 Å². The molecule has 37 heavy (non-hydrogen) atoms. The average Bonchev–Trinajstić information content (AvgIpc) is 2.91. The molecule has 3 aromatic carbocycles. The lowest BCUT2D eigenvalue weighted by Crippen LogP contribution is -2.23. The molecule has 2 heterocycles. The van der Waals surface area contributed by atoms with E-state index in [-0.39, 0.29) is 41.3 Å². The number of ether oxygens (including phenoxy) is 4. The van der Waals surface area contributed by atoms with E-state index in [1.54, 1.807) is 42.5 Å². The lowest BCUT2D eigenvalue weighted by atomic mass is 9.84. The molecule has 0 aliphatic carbocycles. The zero-order chi connectivity index (χ0) is 26.1. The maximum absolute atomic E-state index is 13.5. The topological polar surface area (TPSA) is 122 Å². The number of hydrogen-bond acceptors (Lipinski definition) is 9. The highest BCUT2D eigenvalue weighted by Gasteiger charge is 2.34. The normalized spacial score (nSPS) is 14.5. The number of esters is 2. The molecule has 0 amide bonds. The fourth-order valence-corrected chi connectivity index (χ4v) is 4.47. The summed E-state index contributed by atoms with van der Waals surface area (Å²) in [6.45, 7) is -0.367. The van der Waals surface area contributed by atoms with Gasteiger partial charge in [0.05, 0.1) is 31.6 Å². The van der Waals surface area contributed by atoms with Crippen LogP contribution in [0, 0.1) is 0 Å². The first-order valence-electron chi connectivity index (χ1n) is 11.4. The second kappa shape index (κ2) is 9.69. The molecule has 9 nitrogen and oxygen atoms in total. The summed E-state index contributed by atoms with van der Waals surface area (Å²) in [4.78, 5) is 37.8. The molecule has 1 aromatic heterocycles. The Morgan fingerprint density at radius 1 is 1.05 bits per heavy atom. The van der Waals surface area contributed by atoms with E-state index >= 15 is 0 Å². The number of benzene rings is 3. The van der Waals surface area contributed by atoms with Crippen molar-refractivity contribution in [1.29, 1.82) is 0 Å². The number of aromatic hydroxyl groups is 1. The van der Waals surface area contributed by atoms with Gasteiger partial charge in [0, 0.05) is 17.0 Å². The number of phenolic OH excluding ortho intramolecular Hbond substituents is 1. The standard InChI is InChI=1S/C28H22O9/c1-33-22-5-3-4-17(27(22)36-14-24(31)34-2)19-12-23(30)37-21-11-10-18-26(32)20(13-35-28(18)25(19)21)15-6-8-16(29)9-7-15/h3-11,13,19,29H,12,14H2,1-2H3/t19-/m1/s1. The Kier molecular flexibility index (Phi) is 6.27. The van der Waals surface area contributed by atoms with E-state index in [2.05, 4.69) is 4.74 Å². The summed E-state index contributed by atoms with van der Waals surface area (Å²) >= 11 is 0. The first-order chi connectivity index (χ1) is 17.9. The number of para-hydroxylation sites is 1. The van der Waals surface area contributed by atoms with E-state index in [1.165, 1.54) is 32.6 Å². The predicted molar refractivity (Wildman–Crippen MR) is 132 cm³/mol. The quantitative estimate of drug-likeness (QED) is 0.306. The Balaban J connectivity index is 1.69. The number of fused-ring (bicyclic) bond motifs is 3. The van der Waals surface area contributed by atoms with E-state index < -0.39 is 17.9 Å². The van der Waals surface area contributed by atoms with Gasteiger partial charge in [-0.25, -0.2) is 4.79 Å². The van der Waals surface area contributed by atoms with Crippen molar-refractivity contribution in [2.75, 3.05) is 20.8 Å². The van der Waals surface area contributed by atoms with Crippen LogP contribution in [0.1, 0.15) is 23.5 Å². The van der Waals surface area contributed by atoms with Crippen molar-refractivity contribution in [3.8, 4) is 34.1 Å². The largest absolute Gasteiger partial charge is 0.508 e. The van der Waals surface area contributed by atoms with Gasteiger partial charge < -0.3 is 28.5 Å². The summed E-state index contributed by atoms with van der Waals surface area (Å²) in [5.74, 6) is -0.711. The van der Waals surface area contributed by atoms with Crippen LogP contribution in [0.15, 0.2) is 70.1 Å². The minimum atomic E-state index is -0.620. The fourth-order valence-electron chi connectivity index (χ4n) is 4.47. The molecule has 0 saturated heterocycles. The second-order valence-corrected chi connectivity index (χ2v) is 8.35. The number of rotatable bonds is 6. The van der Waals surface area contributed by atoms with Crippen LogP contribution >= 0.6 is 0 Å². The molecule has 0 fully saturated rings. The Labute approximate surface area is 210 Å². The van der Waals surface area contributed by atoms with Crippen LogP contribution in [0.3, 0.4) is 0 Å². The monoisotopic (exact) mass is 502 g/mol. The van der Waals surface area contributed by atoms with E-state index in [9.17, 15) is 19.5 Å². The van der Waals surface area contributed by atoms with Crippen LogP contribution in [0.5, 0.6) is 23.0 Å². The molecule has 0 spiro atoms. The summed E-state index contributed by atoms with van der Waals surface area (Å²) in [6, 6.07) is 14.5. The third-order valence-electron chi connectivity index (χ3n) is 6.23. The molecule has 5 rings (SSSR count). The molecule has 1 aliphatic rings. The number of carbonyl (C=O) groups excluding carboxylic acids is 2. The van der Waals surface area contributed by atoms with Crippen molar-refractivity contribution in [3.63, 3.8) is 0 Å². The molecule has 1 atom stereocenters. The highest BCUT2D eigenvalue weighted by molar-refractivity contribution is 5.90. The molecule has 9 heteroatoms. The van der Waals surface area contributed by atoms with Gasteiger partial charge in [0.25, 0.3) is 0 Å². The predicted octanol–water partition coefficient (Wildman–Crippen LogP) is 4.17. The van der Waals surface area contributed by atoms with E-state index in [4.69, 9.17) is 18.6 Å². The lowest BCUT2D eigenvalue weighted by molar-refractivity contribution is -0.143. The summed E-state index contributed by atoms with van der Waals surface area (Å²) in [7, 11) is 2.72. The third kappa shape index (κ3) is 4.35. The molecule has 0 bridgehead atoms. The first-order valence-corrected chi connectivity index (χ1v) is 11.4. The average molecular weight is 502 g/mol. The van der Waals surface area contributed by atoms with Gasteiger partial charge in [-0.05, 0) is 35.9 Å². The number of hydrogen-bond donors (Lipinski definition) is 1. The SMILES string of the molecule is COC(=O)COc1c(OC)cccc1[C@H]1CC(=O)Oc2ccc3c(=O)c(-c4ccc(O)cc4)coc3c21. The first kappa shape index (κ1) is 23.9. The van der Waals surface area contributed by atoms with Gasteiger partial charge in [-0.1, -0.05) is 24.3 Å². The van der Waals surface area contributed by atoms with Gasteiger partial charge in [-0.2, -0.15) is 0 Å². The Morgan fingerprint density at radius 3 is 2.57 bits per heavy atom. The van der Waals surface area contributed by atoms with Crippen molar-refractivity contribution in [2.24, 2.45) is 0 Å². The molecule has 188 valence electrons. The van der Waals surface area contributed by atoms with Crippen molar-refractivity contribution < 1.29 is 38.1 Å². The second-order valence-electron chi connectivity index (χ2n) is 8.35. The van der Waals surface area contributed by atoms with E-state index in [1.807, 2.05) is 0 Å². The van der Waals surface area contributed by atoms with Gasteiger partial charge in [0.2, 0.25) is 5.43 Å². The molecule has 1 N–H and O–H groups in total. The van der Waals surface area contributed by atoms with Crippen LogP contribution < -0.4 is 19.6 Å². The molecule has 0 saturated carbocycles. The van der Waals surface area contributed by atoms with Crippen LogP contribution in [0.2, 0.25) is 0 Å². The Hall–Kier alpha value is -4.79. The zero-order valence-electron chi connectivity index (χ0n) is 20.0. The molecular formula is C28H22O9. The number of carbonyl (C=O) groups is 2. The zero-order valence-corrected chi connectivity index (χ0v) is 20.0. The fraction of sp³-hybridized carbons (Fsp3) is 0.179. The Morgan fingerprint density at radius 2 is 1.84 bits per heavy atom. The molecule has 4 aromatic rings. The van der Waals surface area contributed by atoms with Gasteiger partial charge in [-0.15, -0.1) is 0 Å². The maximum Gasteiger partial charge on any atom is 0.343 e. The number of phenols is 1. The number of methoxy groups -OCH3 is 2. The van der Waals surface area contributed by atoms with Gasteiger partial charge in [0.1, 0.15) is 23.3 Å². The van der Waals surface area contributed by atoms with Crippen LogP contribution in [0.4, 0.5) is 0 Å². The Bertz CT molecular complexity index is 1570. The smallest absolute Gasteiger partial charge is 0.343 e. The third-order valence-corrected chi connectivity index (χ3v) is 6.23. The summed E-state index contributed by atoms with van der Waals surface area (Å²) in [5, 5.41) is 9.89. The van der Waals surface area contributed by atoms with Gasteiger partial charge >= 0.3 is 11.9 Å². The van der Waals surface area contributed by atoms with Crippen molar-refractivity contribution in [2.45, 2.75) is 12.3 Å². The molecule has 0 unspecified atom stereocenters. The van der Waals surface area contributed by atoms with Crippen LogP contribution in [-0.2, 0) is 14.3 Å². The highest BCUT2D eigenvalue weighted by atomic mass is 16.6.